The summed E-state index contributed by atoms with van der Waals surface area (Å²) in [5.41, 5.74) is 1.61. The van der Waals surface area contributed by atoms with E-state index in [-0.39, 0.29) is 5.91 Å². The lowest BCUT2D eigenvalue weighted by Gasteiger charge is -2.08. The maximum atomic E-state index is 12.1. The van der Waals surface area contributed by atoms with Crippen LogP contribution in [0.15, 0.2) is 42.6 Å². The van der Waals surface area contributed by atoms with E-state index in [9.17, 15) is 4.79 Å². The topological polar surface area (TPSA) is 54.0 Å². The van der Waals surface area contributed by atoms with E-state index in [4.69, 9.17) is 11.6 Å². The first-order chi connectivity index (χ1) is 9.70. The van der Waals surface area contributed by atoms with Gasteiger partial charge < -0.3 is 10.6 Å². The number of amides is 1. The van der Waals surface area contributed by atoms with Gasteiger partial charge in [-0.15, -0.1) is 0 Å². The number of rotatable bonds is 5. The van der Waals surface area contributed by atoms with E-state index in [1.54, 1.807) is 13.1 Å². The molecular weight excluding hydrogens is 274 g/mol. The lowest BCUT2D eigenvalue weighted by Crippen LogP contribution is -2.26. The van der Waals surface area contributed by atoms with Crippen molar-refractivity contribution in [1.29, 1.82) is 0 Å². The van der Waals surface area contributed by atoms with E-state index in [1.165, 1.54) is 11.8 Å². The Hall–Kier alpha value is -2.07. The fourth-order valence-electron chi connectivity index (χ4n) is 1.81. The van der Waals surface area contributed by atoms with Crippen LogP contribution in [-0.4, -0.2) is 24.5 Å². The lowest BCUT2D eigenvalue weighted by atomic mass is 10.1. The molecule has 2 aromatic rings. The number of nitrogens with one attached hydrogen (secondary N) is 2. The number of carbonyl (C=O) groups excluding carboxylic acids is 1. The summed E-state index contributed by atoms with van der Waals surface area (Å²) in [6.45, 7) is 0.566. The van der Waals surface area contributed by atoms with Gasteiger partial charge in [-0.2, -0.15) is 0 Å². The molecule has 0 aliphatic rings. The highest BCUT2D eigenvalue weighted by Gasteiger charge is 2.11. The van der Waals surface area contributed by atoms with Crippen LogP contribution in [0.25, 0.3) is 0 Å². The Morgan fingerprint density at radius 2 is 2.05 bits per heavy atom. The molecule has 0 atom stereocenters. The van der Waals surface area contributed by atoms with E-state index >= 15 is 0 Å². The molecule has 0 aliphatic carbocycles. The fraction of sp³-hybridized carbons (Fsp3) is 0.200. The van der Waals surface area contributed by atoms with E-state index in [0.717, 1.165) is 6.42 Å². The van der Waals surface area contributed by atoms with Crippen molar-refractivity contribution in [3.05, 3.63) is 58.7 Å². The Morgan fingerprint density at radius 3 is 2.75 bits per heavy atom. The minimum atomic E-state index is -0.190. The van der Waals surface area contributed by atoms with Crippen LogP contribution in [-0.2, 0) is 6.42 Å². The summed E-state index contributed by atoms with van der Waals surface area (Å²) in [6, 6.07) is 11.6. The molecule has 1 amide bonds. The zero-order chi connectivity index (χ0) is 14.4. The van der Waals surface area contributed by atoms with Crippen molar-refractivity contribution < 1.29 is 4.79 Å². The Kier molecular flexibility index (Phi) is 4.96. The number of hydrogen-bond donors (Lipinski definition) is 2. The van der Waals surface area contributed by atoms with Crippen LogP contribution in [0.5, 0.6) is 0 Å². The standard InChI is InChI=1S/C15H16ClN3O/c1-17-14-9-12(13(16)10-19-14)15(20)18-8-7-11-5-3-2-4-6-11/h2-6,9-10H,7-8H2,1H3,(H,17,19)(H,18,20). The Morgan fingerprint density at radius 1 is 1.30 bits per heavy atom. The quantitative estimate of drug-likeness (QED) is 0.890. The van der Waals surface area contributed by atoms with E-state index in [1.807, 2.05) is 30.3 Å². The third kappa shape index (κ3) is 3.71. The van der Waals surface area contributed by atoms with Gasteiger partial charge in [0.25, 0.3) is 5.91 Å². The highest BCUT2D eigenvalue weighted by Crippen LogP contribution is 2.17. The van der Waals surface area contributed by atoms with Crippen LogP contribution in [0, 0.1) is 0 Å². The predicted octanol–water partition coefficient (Wildman–Crippen LogP) is 2.75. The van der Waals surface area contributed by atoms with Gasteiger partial charge >= 0.3 is 0 Å². The first kappa shape index (κ1) is 14.3. The Bertz CT molecular complexity index is 587. The number of aromatic nitrogens is 1. The molecule has 1 aromatic carbocycles. The van der Waals surface area contributed by atoms with Crippen molar-refractivity contribution in [2.45, 2.75) is 6.42 Å². The van der Waals surface area contributed by atoms with Crippen LogP contribution in [0.3, 0.4) is 0 Å². The van der Waals surface area contributed by atoms with E-state index in [0.29, 0.717) is 22.9 Å². The minimum Gasteiger partial charge on any atom is -0.373 e. The van der Waals surface area contributed by atoms with Crippen LogP contribution in [0.4, 0.5) is 5.82 Å². The predicted molar refractivity (Wildman–Crippen MR) is 81.3 cm³/mol. The molecule has 0 fully saturated rings. The van der Waals surface area contributed by atoms with Gasteiger partial charge in [-0.3, -0.25) is 4.79 Å². The number of halogens is 1. The minimum absolute atomic E-state index is 0.190. The monoisotopic (exact) mass is 289 g/mol. The second kappa shape index (κ2) is 6.91. The lowest BCUT2D eigenvalue weighted by molar-refractivity contribution is 0.0954. The molecule has 0 aliphatic heterocycles. The number of pyridine rings is 1. The van der Waals surface area contributed by atoms with Crippen LogP contribution in [0.2, 0.25) is 5.02 Å². The van der Waals surface area contributed by atoms with Gasteiger partial charge in [0.05, 0.1) is 10.6 Å². The maximum absolute atomic E-state index is 12.1. The molecule has 2 rings (SSSR count). The van der Waals surface area contributed by atoms with Crippen molar-refractivity contribution in [2.24, 2.45) is 0 Å². The maximum Gasteiger partial charge on any atom is 0.253 e. The summed E-state index contributed by atoms with van der Waals surface area (Å²) >= 11 is 5.99. The summed E-state index contributed by atoms with van der Waals surface area (Å²) in [7, 11) is 1.74. The Labute approximate surface area is 123 Å². The molecule has 0 unspecified atom stereocenters. The number of benzene rings is 1. The molecule has 104 valence electrons. The van der Waals surface area contributed by atoms with Crippen molar-refractivity contribution >= 4 is 23.3 Å². The molecule has 2 N–H and O–H groups in total. The molecule has 5 heteroatoms. The van der Waals surface area contributed by atoms with Crippen LogP contribution in [0.1, 0.15) is 15.9 Å². The molecule has 0 saturated carbocycles. The van der Waals surface area contributed by atoms with Crippen molar-refractivity contribution in [2.75, 3.05) is 18.9 Å². The molecule has 0 radical (unpaired) electrons. The first-order valence-electron chi connectivity index (χ1n) is 6.36. The van der Waals surface area contributed by atoms with E-state index < -0.39 is 0 Å². The van der Waals surface area contributed by atoms with Gasteiger partial charge in [0.1, 0.15) is 5.82 Å². The zero-order valence-electron chi connectivity index (χ0n) is 11.2. The highest BCUT2D eigenvalue weighted by molar-refractivity contribution is 6.33. The summed E-state index contributed by atoms with van der Waals surface area (Å²) in [5, 5.41) is 6.09. The molecule has 1 heterocycles. The second-order valence-electron chi connectivity index (χ2n) is 4.29. The van der Waals surface area contributed by atoms with Gasteiger partial charge in [0.15, 0.2) is 0 Å². The van der Waals surface area contributed by atoms with Crippen molar-refractivity contribution in [3.63, 3.8) is 0 Å². The number of carbonyl (C=O) groups is 1. The molecule has 20 heavy (non-hydrogen) atoms. The largest absolute Gasteiger partial charge is 0.373 e. The molecule has 0 spiro atoms. The number of hydrogen-bond acceptors (Lipinski definition) is 3. The van der Waals surface area contributed by atoms with Crippen molar-refractivity contribution in [3.8, 4) is 0 Å². The third-order valence-corrected chi connectivity index (χ3v) is 3.20. The van der Waals surface area contributed by atoms with Gasteiger partial charge in [0, 0.05) is 19.8 Å². The number of anilines is 1. The van der Waals surface area contributed by atoms with Crippen LogP contribution < -0.4 is 10.6 Å². The third-order valence-electron chi connectivity index (χ3n) is 2.90. The van der Waals surface area contributed by atoms with Gasteiger partial charge in [-0.05, 0) is 18.1 Å². The SMILES string of the molecule is CNc1cc(C(=O)NCCc2ccccc2)c(Cl)cn1. The zero-order valence-corrected chi connectivity index (χ0v) is 11.9. The highest BCUT2D eigenvalue weighted by atomic mass is 35.5. The second-order valence-corrected chi connectivity index (χ2v) is 4.70. The summed E-state index contributed by atoms with van der Waals surface area (Å²) in [5.74, 6) is 0.424. The van der Waals surface area contributed by atoms with Crippen LogP contribution >= 0.6 is 11.6 Å². The smallest absolute Gasteiger partial charge is 0.253 e. The first-order valence-corrected chi connectivity index (χ1v) is 6.74. The Balaban J connectivity index is 1.95. The van der Waals surface area contributed by atoms with Crippen molar-refractivity contribution in [1.82, 2.24) is 10.3 Å². The fourth-order valence-corrected chi connectivity index (χ4v) is 2.00. The van der Waals surface area contributed by atoms with E-state index in [2.05, 4.69) is 15.6 Å². The summed E-state index contributed by atoms with van der Waals surface area (Å²) < 4.78 is 0. The molecule has 0 bridgehead atoms. The summed E-state index contributed by atoms with van der Waals surface area (Å²) in [6.07, 6.45) is 2.26. The van der Waals surface area contributed by atoms with Gasteiger partial charge in [-0.1, -0.05) is 41.9 Å². The molecular formula is C15H16ClN3O. The molecule has 1 aromatic heterocycles. The number of nitrogens with zero attached hydrogens (tertiary/aromatic N) is 1. The molecule has 0 saturated heterocycles. The van der Waals surface area contributed by atoms with Gasteiger partial charge in [-0.25, -0.2) is 4.98 Å². The summed E-state index contributed by atoms with van der Waals surface area (Å²) in [4.78, 5) is 16.1. The van der Waals surface area contributed by atoms with Gasteiger partial charge in [0.2, 0.25) is 0 Å². The average molecular weight is 290 g/mol. The molecule has 4 nitrogen and oxygen atoms in total. The normalized spacial score (nSPS) is 10.1. The average Bonchev–Trinajstić information content (AvgIpc) is 2.48.